The molecule has 0 aliphatic rings. The fraction of sp³-hybridized carbons (Fsp3) is 0.136. The van der Waals surface area contributed by atoms with Crippen molar-refractivity contribution >= 4 is 33.0 Å². The fourth-order valence-corrected chi connectivity index (χ4v) is 3.71. The van der Waals surface area contributed by atoms with Gasteiger partial charge >= 0.3 is 0 Å². The first-order valence-corrected chi connectivity index (χ1v) is 8.59. The van der Waals surface area contributed by atoms with E-state index in [-0.39, 0.29) is 29.8 Å². The first-order chi connectivity index (χ1) is 12.1. The van der Waals surface area contributed by atoms with Crippen LogP contribution in [0.3, 0.4) is 0 Å². The van der Waals surface area contributed by atoms with Crippen LogP contribution in [0.4, 0.5) is 4.39 Å². The summed E-state index contributed by atoms with van der Waals surface area (Å²) in [5.41, 5.74) is 5.72. The van der Waals surface area contributed by atoms with Crippen molar-refractivity contribution in [2.75, 3.05) is 0 Å². The molecule has 0 saturated carbocycles. The first-order valence-electron chi connectivity index (χ1n) is 8.59. The summed E-state index contributed by atoms with van der Waals surface area (Å²) in [7, 11) is 0. The molecule has 0 bridgehead atoms. The number of aromatic nitrogens is 2. The number of halogens is 2. The normalized spacial score (nSPS) is 11.7. The maximum Gasteiger partial charge on any atom is 0.292 e. The third-order valence-corrected chi connectivity index (χ3v) is 5.05. The van der Waals surface area contributed by atoms with Gasteiger partial charge in [-0.3, -0.25) is 0 Å². The Balaban J connectivity index is 0.00000168. The number of pyridine rings is 2. The molecule has 130 valence electrons. The smallest absolute Gasteiger partial charge is 0.292 e. The number of imidazole rings is 1. The lowest BCUT2D eigenvalue weighted by molar-refractivity contribution is -0.479. The Morgan fingerprint density at radius 3 is 2.50 bits per heavy atom. The molecule has 2 nitrogen and oxygen atoms in total. The quantitative estimate of drug-likeness (QED) is 0.270. The predicted octanol–water partition coefficient (Wildman–Crippen LogP) is 2.25. The number of hydrogen-bond acceptors (Lipinski definition) is 0. The summed E-state index contributed by atoms with van der Waals surface area (Å²) in [4.78, 5) is 0. The zero-order valence-corrected chi connectivity index (χ0v) is 16.7. The maximum atomic E-state index is 13.6. The second-order valence-electron chi connectivity index (χ2n) is 6.96. The highest BCUT2D eigenvalue weighted by molar-refractivity contribution is 5.85. The van der Waals surface area contributed by atoms with Crippen LogP contribution < -0.4 is 28.4 Å². The molecule has 0 aliphatic heterocycles. The van der Waals surface area contributed by atoms with Gasteiger partial charge in [0.25, 0.3) is 5.65 Å². The molecule has 3 heterocycles. The number of nitrogens with zero attached hydrogens (tertiary/aromatic N) is 2. The highest BCUT2D eigenvalue weighted by atomic mass is 127. The van der Waals surface area contributed by atoms with Gasteiger partial charge in [-0.25, -0.2) is 4.39 Å². The van der Waals surface area contributed by atoms with E-state index in [0.717, 1.165) is 22.1 Å². The predicted molar refractivity (Wildman–Crippen MR) is 99.6 cm³/mol. The van der Waals surface area contributed by atoms with Crippen LogP contribution in [-0.4, -0.2) is 4.40 Å². The van der Waals surface area contributed by atoms with Crippen molar-refractivity contribution < 1.29 is 32.8 Å². The fourth-order valence-electron chi connectivity index (χ4n) is 3.71. The third kappa shape index (κ3) is 2.47. The van der Waals surface area contributed by atoms with Crippen LogP contribution in [0.1, 0.15) is 25.3 Å². The Kier molecular flexibility index (Phi) is 4.10. The number of fused-ring (bicyclic) bond motifs is 7. The lowest BCUT2D eigenvalue weighted by Crippen LogP contribution is -3.00. The molecular formula is C22H18FIN2. The van der Waals surface area contributed by atoms with Gasteiger partial charge in [0, 0.05) is 16.8 Å². The van der Waals surface area contributed by atoms with Gasteiger partial charge in [-0.2, -0.15) is 8.80 Å². The van der Waals surface area contributed by atoms with Gasteiger partial charge in [-0.15, -0.1) is 0 Å². The molecule has 0 saturated heterocycles. The topological polar surface area (TPSA) is 8.51 Å². The van der Waals surface area contributed by atoms with Gasteiger partial charge in [0.15, 0.2) is 5.52 Å². The molecule has 5 rings (SSSR count). The van der Waals surface area contributed by atoms with Crippen LogP contribution in [0.5, 0.6) is 0 Å². The van der Waals surface area contributed by atoms with E-state index in [9.17, 15) is 4.39 Å². The molecule has 5 aromatic rings. The van der Waals surface area contributed by atoms with Gasteiger partial charge in [0.05, 0.1) is 0 Å². The van der Waals surface area contributed by atoms with Gasteiger partial charge in [-0.1, -0.05) is 19.9 Å². The second-order valence-corrected chi connectivity index (χ2v) is 6.96. The van der Waals surface area contributed by atoms with Crippen molar-refractivity contribution in [3.8, 4) is 0 Å². The van der Waals surface area contributed by atoms with E-state index in [1.54, 1.807) is 6.07 Å². The molecule has 3 aromatic heterocycles. The van der Waals surface area contributed by atoms with Gasteiger partial charge in [0.1, 0.15) is 23.0 Å². The van der Waals surface area contributed by atoms with Crippen LogP contribution in [0.25, 0.3) is 33.0 Å². The van der Waals surface area contributed by atoms with Gasteiger partial charge < -0.3 is 24.0 Å². The van der Waals surface area contributed by atoms with E-state index in [1.807, 2.05) is 18.2 Å². The summed E-state index contributed by atoms with van der Waals surface area (Å²) in [6.45, 7) is 4.43. The van der Waals surface area contributed by atoms with Crippen molar-refractivity contribution in [1.29, 1.82) is 0 Å². The minimum Gasteiger partial charge on any atom is -1.00 e. The van der Waals surface area contributed by atoms with E-state index in [4.69, 9.17) is 0 Å². The van der Waals surface area contributed by atoms with Gasteiger partial charge in [-0.05, 0) is 60.0 Å². The lowest BCUT2D eigenvalue weighted by atomic mass is 10.0. The molecule has 0 aliphatic carbocycles. The van der Waals surface area contributed by atoms with E-state index in [1.165, 1.54) is 22.5 Å². The standard InChI is InChI=1S/C22H18FN2.HI/c1-14(2)15-4-8-20-16(11-15)5-10-22-24(20)13-19-7-3-17-12-18(23)6-9-21(17)25(19)22;/h3-14H,1-2H3;1H/q+1;/p-1. The molecular weight excluding hydrogens is 438 g/mol. The number of benzene rings is 2. The zero-order valence-electron chi connectivity index (χ0n) is 14.6. The average molecular weight is 456 g/mol. The van der Waals surface area contributed by atoms with Crippen molar-refractivity contribution in [3.63, 3.8) is 0 Å². The largest absolute Gasteiger partial charge is 1.00 e. The van der Waals surface area contributed by atoms with Crippen LogP contribution in [-0.2, 0) is 0 Å². The Morgan fingerprint density at radius 2 is 1.69 bits per heavy atom. The second kappa shape index (κ2) is 6.20. The molecule has 0 spiro atoms. The summed E-state index contributed by atoms with van der Waals surface area (Å²) in [5, 5.41) is 2.14. The van der Waals surface area contributed by atoms with Crippen molar-refractivity contribution in [3.05, 3.63) is 78.2 Å². The van der Waals surface area contributed by atoms with E-state index >= 15 is 0 Å². The highest BCUT2D eigenvalue weighted by Crippen LogP contribution is 2.24. The van der Waals surface area contributed by atoms with Crippen LogP contribution in [0, 0.1) is 5.82 Å². The van der Waals surface area contributed by atoms with E-state index < -0.39 is 0 Å². The number of hydrogen-bond donors (Lipinski definition) is 0. The minimum atomic E-state index is -0.206. The van der Waals surface area contributed by atoms with Crippen molar-refractivity contribution in [2.24, 2.45) is 0 Å². The molecule has 26 heavy (non-hydrogen) atoms. The van der Waals surface area contributed by atoms with E-state index in [2.05, 4.69) is 59.2 Å². The molecule has 4 heteroatoms. The number of rotatable bonds is 1. The SMILES string of the molecule is CC(C)c1ccc2c(ccc3n4c(ccc5cc(F)ccc54)c[n+]23)c1.[I-]. The Labute approximate surface area is 167 Å². The van der Waals surface area contributed by atoms with Crippen LogP contribution in [0.2, 0.25) is 0 Å². The Morgan fingerprint density at radius 1 is 0.885 bits per heavy atom. The van der Waals surface area contributed by atoms with Gasteiger partial charge in [0.2, 0.25) is 0 Å². The van der Waals surface area contributed by atoms with Crippen molar-refractivity contribution in [1.82, 2.24) is 4.40 Å². The van der Waals surface area contributed by atoms with Crippen molar-refractivity contribution in [2.45, 2.75) is 19.8 Å². The maximum absolute atomic E-state index is 13.6. The Hall–Kier alpha value is -2.21. The summed E-state index contributed by atoms with van der Waals surface area (Å²) >= 11 is 0. The molecule has 0 unspecified atom stereocenters. The highest BCUT2D eigenvalue weighted by Gasteiger charge is 2.17. The zero-order chi connectivity index (χ0) is 17.1. The lowest BCUT2D eigenvalue weighted by Gasteiger charge is -2.06. The first kappa shape index (κ1) is 17.2. The summed E-state index contributed by atoms with van der Waals surface area (Å²) in [5.74, 6) is 0.305. The summed E-state index contributed by atoms with van der Waals surface area (Å²) < 4.78 is 18.0. The van der Waals surface area contributed by atoms with E-state index in [0.29, 0.717) is 5.92 Å². The third-order valence-electron chi connectivity index (χ3n) is 5.05. The molecule has 0 radical (unpaired) electrons. The van der Waals surface area contributed by atoms with Crippen LogP contribution >= 0.6 is 0 Å². The summed E-state index contributed by atoms with van der Waals surface area (Å²) in [6.07, 6.45) is 2.15. The van der Waals surface area contributed by atoms with Crippen LogP contribution in [0.15, 0.2) is 66.9 Å². The molecule has 2 aromatic carbocycles. The molecule has 0 amide bonds. The summed E-state index contributed by atoms with van der Waals surface area (Å²) in [6, 6.07) is 20.0. The average Bonchev–Trinajstić information content (AvgIpc) is 3.00. The molecule has 0 N–H and O–H groups in total. The molecule has 0 atom stereocenters. The Bertz CT molecular complexity index is 1290. The monoisotopic (exact) mass is 456 g/mol. The minimum absolute atomic E-state index is 0. The molecule has 0 fully saturated rings.